The monoisotopic (exact) mass is 460 g/mol. The van der Waals surface area contributed by atoms with Crippen molar-refractivity contribution in [2.24, 2.45) is 4.99 Å². The van der Waals surface area contributed by atoms with E-state index >= 15 is 0 Å². The topological polar surface area (TPSA) is 99.5 Å². The Hall–Kier alpha value is -4.10. The molecular formula is C25H21ClN4O3. The Morgan fingerprint density at radius 2 is 1.67 bits per heavy atom. The lowest BCUT2D eigenvalue weighted by atomic mass is 10.2. The van der Waals surface area contributed by atoms with Crippen LogP contribution < -0.4 is 16.6 Å². The quantitative estimate of drug-likeness (QED) is 0.306. The third kappa shape index (κ3) is 4.88. The number of anilines is 1. The van der Waals surface area contributed by atoms with Gasteiger partial charge in [-0.05, 0) is 42.8 Å². The number of benzene rings is 3. The van der Waals surface area contributed by atoms with Gasteiger partial charge in [-0.15, -0.1) is 0 Å². The maximum absolute atomic E-state index is 12.8. The number of aliphatic imine (C=N–C) groups is 1. The molecule has 0 aliphatic rings. The van der Waals surface area contributed by atoms with Gasteiger partial charge in [-0.3, -0.25) is 14.8 Å². The van der Waals surface area contributed by atoms with Crippen LogP contribution in [-0.4, -0.2) is 20.5 Å². The lowest BCUT2D eigenvalue weighted by Crippen LogP contribution is -2.35. The van der Waals surface area contributed by atoms with E-state index in [-0.39, 0.29) is 17.9 Å². The molecule has 7 nitrogen and oxygen atoms in total. The van der Waals surface area contributed by atoms with Crippen molar-refractivity contribution in [1.82, 2.24) is 9.55 Å². The molecular weight excluding hydrogens is 440 g/mol. The molecule has 0 saturated heterocycles. The minimum absolute atomic E-state index is 0.0979. The van der Waals surface area contributed by atoms with Crippen LogP contribution in [0.1, 0.15) is 16.7 Å². The third-order valence-corrected chi connectivity index (χ3v) is 5.39. The van der Waals surface area contributed by atoms with Gasteiger partial charge < -0.3 is 10.4 Å². The van der Waals surface area contributed by atoms with Gasteiger partial charge in [0.15, 0.2) is 0 Å². The number of aromatic nitrogens is 2. The van der Waals surface area contributed by atoms with Crippen LogP contribution in [0.25, 0.3) is 5.69 Å². The molecule has 0 aliphatic heterocycles. The summed E-state index contributed by atoms with van der Waals surface area (Å²) >= 11 is 6.26. The fourth-order valence-electron chi connectivity index (χ4n) is 3.30. The lowest BCUT2D eigenvalue weighted by Gasteiger charge is -2.15. The number of aryl methyl sites for hydroxylation is 1. The van der Waals surface area contributed by atoms with Gasteiger partial charge >= 0.3 is 5.69 Å². The average molecular weight is 461 g/mol. The van der Waals surface area contributed by atoms with Gasteiger partial charge in [-0.1, -0.05) is 65.7 Å². The summed E-state index contributed by atoms with van der Waals surface area (Å²) in [6.07, 6.45) is 0. The number of hydrogen-bond acceptors (Lipinski definition) is 4. The number of aromatic hydroxyl groups is 1. The Morgan fingerprint density at radius 1 is 1.00 bits per heavy atom. The third-order valence-electron chi connectivity index (χ3n) is 5.02. The fraction of sp³-hybridized carbons (Fsp3) is 0.0800. The lowest BCUT2D eigenvalue weighted by molar-refractivity contribution is 0.429. The SMILES string of the molecule is Cc1ccc(-n2c(O)c(C(=NCc3ccccc3Cl)Nc3ccccc3)c(=O)[nH]c2=O)cc1. The summed E-state index contributed by atoms with van der Waals surface area (Å²) in [5, 5.41) is 14.7. The molecule has 3 N–H and O–H groups in total. The summed E-state index contributed by atoms with van der Waals surface area (Å²) in [5.74, 6) is -0.422. The summed E-state index contributed by atoms with van der Waals surface area (Å²) in [5.41, 5.74) is 1.12. The Kier molecular flexibility index (Phi) is 6.42. The van der Waals surface area contributed by atoms with Crippen molar-refractivity contribution in [3.05, 3.63) is 121 Å². The number of rotatable bonds is 5. The normalized spacial score (nSPS) is 11.4. The van der Waals surface area contributed by atoms with Crippen molar-refractivity contribution < 1.29 is 5.11 Å². The first-order valence-electron chi connectivity index (χ1n) is 10.2. The molecule has 4 aromatic rings. The zero-order valence-corrected chi connectivity index (χ0v) is 18.5. The molecule has 1 aromatic heterocycles. The fourth-order valence-corrected chi connectivity index (χ4v) is 3.50. The van der Waals surface area contributed by atoms with Crippen LogP contribution in [0.2, 0.25) is 5.02 Å². The molecule has 0 atom stereocenters. The highest BCUT2D eigenvalue weighted by atomic mass is 35.5. The summed E-state index contributed by atoms with van der Waals surface area (Å²) in [7, 11) is 0. The van der Waals surface area contributed by atoms with E-state index < -0.39 is 17.1 Å². The first-order valence-corrected chi connectivity index (χ1v) is 10.6. The number of nitrogens with one attached hydrogen (secondary N) is 2. The number of para-hydroxylation sites is 1. The van der Waals surface area contributed by atoms with Gasteiger partial charge in [0.25, 0.3) is 5.56 Å². The van der Waals surface area contributed by atoms with Crippen molar-refractivity contribution in [2.45, 2.75) is 13.5 Å². The second-order valence-corrected chi connectivity index (χ2v) is 7.78. The van der Waals surface area contributed by atoms with Gasteiger partial charge in [0.05, 0.1) is 12.2 Å². The number of halogens is 1. The molecule has 0 bridgehead atoms. The second-order valence-electron chi connectivity index (χ2n) is 7.38. The van der Waals surface area contributed by atoms with E-state index in [2.05, 4.69) is 15.3 Å². The van der Waals surface area contributed by atoms with Gasteiger partial charge in [-0.25, -0.2) is 9.36 Å². The van der Waals surface area contributed by atoms with Crippen LogP contribution >= 0.6 is 11.6 Å². The van der Waals surface area contributed by atoms with Crippen LogP contribution in [0.5, 0.6) is 5.88 Å². The highest BCUT2D eigenvalue weighted by Gasteiger charge is 2.21. The van der Waals surface area contributed by atoms with E-state index in [9.17, 15) is 14.7 Å². The van der Waals surface area contributed by atoms with E-state index in [0.29, 0.717) is 16.4 Å². The number of aromatic amines is 1. The Balaban J connectivity index is 1.87. The predicted octanol–water partition coefficient (Wildman–Crippen LogP) is 4.25. The Labute approximate surface area is 194 Å². The second kappa shape index (κ2) is 9.58. The zero-order valence-electron chi connectivity index (χ0n) is 17.7. The predicted molar refractivity (Wildman–Crippen MR) is 131 cm³/mol. The molecule has 0 radical (unpaired) electrons. The van der Waals surface area contributed by atoms with Crippen LogP contribution in [0.4, 0.5) is 5.69 Å². The molecule has 8 heteroatoms. The van der Waals surface area contributed by atoms with Gasteiger partial charge in [-0.2, -0.15) is 0 Å². The van der Waals surface area contributed by atoms with Crippen molar-refractivity contribution in [3.8, 4) is 11.6 Å². The molecule has 0 aliphatic carbocycles. The zero-order chi connectivity index (χ0) is 23.4. The van der Waals surface area contributed by atoms with E-state index in [4.69, 9.17) is 11.6 Å². The van der Waals surface area contributed by atoms with Crippen LogP contribution in [-0.2, 0) is 6.54 Å². The largest absolute Gasteiger partial charge is 0.493 e. The molecule has 0 saturated carbocycles. The molecule has 0 fully saturated rings. The minimum Gasteiger partial charge on any atom is -0.493 e. The summed E-state index contributed by atoms with van der Waals surface area (Å²) in [4.78, 5) is 32.2. The number of H-pyrrole nitrogens is 1. The van der Waals surface area contributed by atoms with Crippen LogP contribution in [0, 0.1) is 6.92 Å². The summed E-state index contributed by atoms with van der Waals surface area (Å²) < 4.78 is 1.04. The van der Waals surface area contributed by atoms with Crippen LogP contribution in [0.15, 0.2) is 93.4 Å². The highest BCUT2D eigenvalue weighted by Crippen LogP contribution is 2.21. The summed E-state index contributed by atoms with van der Waals surface area (Å²) in [6, 6.07) is 23.3. The minimum atomic E-state index is -0.762. The number of nitrogens with zero attached hydrogens (tertiary/aromatic N) is 2. The Morgan fingerprint density at radius 3 is 2.36 bits per heavy atom. The highest BCUT2D eigenvalue weighted by molar-refractivity contribution is 6.31. The summed E-state index contributed by atoms with van der Waals surface area (Å²) in [6.45, 7) is 2.06. The van der Waals surface area contributed by atoms with Crippen molar-refractivity contribution in [1.29, 1.82) is 0 Å². The van der Waals surface area contributed by atoms with E-state index in [1.54, 1.807) is 42.5 Å². The van der Waals surface area contributed by atoms with Crippen molar-refractivity contribution >= 4 is 23.1 Å². The van der Waals surface area contributed by atoms with E-state index in [1.807, 2.05) is 43.3 Å². The van der Waals surface area contributed by atoms with E-state index in [1.165, 1.54) is 0 Å². The smallest absolute Gasteiger partial charge is 0.335 e. The van der Waals surface area contributed by atoms with Crippen LogP contribution in [0.3, 0.4) is 0 Å². The van der Waals surface area contributed by atoms with Gasteiger partial charge in [0, 0.05) is 10.7 Å². The molecule has 1 heterocycles. The standard InChI is InChI=1S/C25H21ClN4O3/c1-16-11-13-19(14-12-16)30-24(32)21(23(31)29-25(30)33)22(28-18-8-3-2-4-9-18)27-15-17-7-5-6-10-20(17)26/h2-14,32H,15H2,1H3,(H,27,28)(H,29,31,33). The molecule has 166 valence electrons. The van der Waals surface area contributed by atoms with Crippen molar-refractivity contribution in [2.75, 3.05) is 5.32 Å². The molecule has 0 amide bonds. The average Bonchev–Trinajstić information content (AvgIpc) is 2.80. The first kappa shape index (κ1) is 22.1. The Bertz CT molecular complexity index is 1420. The molecule has 0 unspecified atom stereocenters. The maximum Gasteiger partial charge on any atom is 0.335 e. The molecule has 0 spiro atoms. The molecule has 33 heavy (non-hydrogen) atoms. The van der Waals surface area contributed by atoms with E-state index in [0.717, 1.165) is 15.7 Å². The van der Waals surface area contributed by atoms with Gasteiger partial charge in [0.1, 0.15) is 11.4 Å². The number of hydrogen-bond donors (Lipinski definition) is 3. The molecule has 3 aromatic carbocycles. The number of amidine groups is 1. The maximum atomic E-state index is 12.8. The molecule has 4 rings (SSSR count). The van der Waals surface area contributed by atoms with Crippen molar-refractivity contribution in [3.63, 3.8) is 0 Å². The first-order chi connectivity index (χ1) is 15.9. The van der Waals surface area contributed by atoms with Gasteiger partial charge in [0.2, 0.25) is 5.88 Å².